The molecule has 128 valence electrons. The Morgan fingerprint density at radius 1 is 1.12 bits per heavy atom. The number of ether oxygens (including phenoxy) is 2. The number of carbonyl (C=O) groups excluding carboxylic acids is 1. The molecule has 0 fully saturated rings. The Bertz CT molecular complexity index is 693. The molecule has 0 unspecified atom stereocenters. The number of aliphatic hydroxyl groups excluding tert-OH is 1. The second-order valence-corrected chi connectivity index (χ2v) is 5.72. The average Bonchev–Trinajstić information content (AvgIpc) is 2.59. The van der Waals surface area contributed by atoms with Gasteiger partial charge in [0.1, 0.15) is 17.1 Å². The van der Waals surface area contributed by atoms with Crippen LogP contribution in [0.2, 0.25) is 0 Å². The van der Waals surface area contributed by atoms with E-state index in [1.165, 1.54) is 0 Å². The molecule has 0 atom stereocenters. The molecular formula is C20H24O4. The molecule has 0 spiro atoms. The Kier molecular flexibility index (Phi) is 6.38. The molecule has 0 bridgehead atoms. The maximum absolute atomic E-state index is 12.7. The third-order valence-corrected chi connectivity index (χ3v) is 4.05. The highest BCUT2D eigenvalue weighted by Gasteiger charge is 2.21. The Labute approximate surface area is 143 Å². The predicted molar refractivity (Wildman–Crippen MR) is 93.6 cm³/mol. The number of aliphatic hydroxyl groups is 1. The van der Waals surface area contributed by atoms with Crippen LogP contribution in [0.25, 0.3) is 0 Å². The molecule has 0 aliphatic heterocycles. The van der Waals surface area contributed by atoms with Crippen LogP contribution in [0.3, 0.4) is 0 Å². The highest BCUT2D eigenvalue weighted by atomic mass is 16.5. The summed E-state index contributed by atoms with van der Waals surface area (Å²) in [6, 6.07) is 10.7. The van der Waals surface area contributed by atoms with Crippen molar-refractivity contribution in [3.05, 3.63) is 58.7 Å². The molecule has 0 aliphatic rings. The van der Waals surface area contributed by atoms with Crippen molar-refractivity contribution in [3.63, 3.8) is 0 Å². The zero-order valence-electron chi connectivity index (χ0n) is 14.5. The third-order valence-electron chi connectivity index (χ3n) is 4.05. The lowest BCUT2D eigenvalue weighted by Gasteiger charge is -2.17. The van der Waals surface area contributed by atoms with Gasteiger partial charge >= 0.3 is 5.97 Å². The minimum Gasteiger partial charge on any atom is -0.493 e. The van der Waals surface area contributed by atoms with E-state index in [9.17, 15) is 9.90 Å². The molecule has 2 rings (SSSR count). The number of hydrogen-bond donors (Lipinski definition) is 1. The van der Waals surface area contributed by atoms with Crippen molar-refractivity contribution >= 4 is 5.97 Å². The standard InChI is InChI=1S/C20H24O4/c1-4-5-11-23-18-12-16(13-21)14(2)15(3)19(18)20(22)24-17-9-7-6-8-10-17/h6-10,12,21H,4-5,11,13H2,1-3H3. The number of hydrogen-bond acceptors (Lipinski definition) is 4. The van der Waals surface area contributed by atoms with E-state index in [0.717, 1.165) is 29.5 Å². The summed E-state index contributed by atoms with van der Waals surface area (Å²) < 4.78 is 11.3. The van der Waals surface area contributed by atoms with E-state index >= 15 is 0 Å². The summed E-state index contributed by atoms with van der Waals surface area (Å²) in [6.07, 6.45) is 1.90. The van der Waals surface area contributed by atoms with E-state index in [2.05, 4.69) is 6.92 Å². The van der Waals surface area contributed by atoms with Gasteiger partial charge in [-0.1, -0.05) is 31.5 Å². The van der Waals surface area contributed by atoms with E-state index in [4.69, 9.17) is 9.47 Å². The van der Waals surface area contributed by atoms with Gasteiger partial charge in [0.15, 0.2) is 0 Å². The van der Waals surface area contributed by atoms with Gasteiger partial charge in [-0.05, 0) is 55.2 Å². The fourth-order valence-electron chi connectivity index (χ4n) is 2.46. The minimum atomic E-state index is -0.446. The second kappa shape index (κ2) is 8.50. The number of carbonyl (C=O) groups is 1. The Hall–Kier alpha value is -2.33. The smallest absolute Gasteiger partial charge is 0.347 e. The quantitative estimate of drug-likeness (QED) is 0.470. The normalized spacial score (nSPS) is 10.5. The van der Waals surface area contributed by atoms with Gasteiger partial charge in [-0.15, -0.1) is 0 Å². The van der Waals surface area contributed by atoms with Crippen LogP contribution in [0.15, 0.2) is 36.4 Å². The monoisotopic (exact) mass is 328 g/mol. The van der Waals surface area contributed by atoms with Crippen LogP contribution in [0.5, 0.6) is 11.5 Å². The zero-order chi connectivity index (χ0) is 17.5. The summed E-state index contributed by atoms with van der Waals surface area (Å²) in [7, 11) is 0. The van der Waals surface area contributed by atoms with Gasteiger partial charge in [0.25, 0.3) is 0 Å². The number of esters is 1. The van der Waals surface area contributed by atoms with Gasteiger partial charge in [0.05, 0.1) is 13.2 Å². The zero-order valence-corrected chi connectivity index (χ0v) is 14.5. The fraction of sp³-hybridized carbons (Fsp3) is 0.350. The molecule has 2 aromatic carbocycles. The van der Waals surface area contributed by atoms with Crippen LogP contribution >= 0.6 is 0 Å². The molecule has 0 heterocycles. The Balaban J connectivity index is 2.37. The summed E-state index contributed by atoms with van der Waals surface area (Å²) in [5, 5.41) is 9.53. The van der Waals surface area contributed by atoms with Gasteiger partial charge < -0.3 is 14.6 Å². The maximum Gasteiger partial charge on any atom is 0.347 e. The molecule has 4 heteroatoms. The van der Waals surface area contributed by atoms with E-state index in [1.807, 2.05) is 32.0 Å². The highest BCUT2D eigenvalue weighted by molar-refractivity contribution is 5.96. The number of benzene rings is 2. The van der Waals surface area contributed by atoms with Crippen molar-refractivity contribution in [2.75, 3.05) is 6.61 Å². The fourth-order valence-corrected chi connectivity index (χ4v) is 2.46. The van der Waals surface area contributed by atoms with Gasteiger partial charge in [0, 0.05) is 0 Å². The number of para-hydroxylation sites is 1. The van der Waals surface area contributed by atoms with Crippen molar-refractivity contribution in [1.82, 2.24) is 0 Å². The van der Waals surface area contributed by atoms with Gasteiger partial charge in [-0.2, -0.15) is 0 Å². The summed E-state index contributed by atoms with van der Waals surface area (Å²) in [6.45, 7) is 6.24. The number of rotatable bonds is 7. The maximum atomic E-state index is 12.7. The largest absolute Gasteiger partial charge is 0.493 e. The average molecular weight is 328 g/mol. The Morgan fingerprint density at radius 2 is 1.83 bits per heavy atom. The first kappa shape index (κ1) is 18.0. The Morgan fingerprint density at radius 3 is 2.46 bits per heavy atom. The molecule has 0 amide bonds. The van der Waals surface area contributed by atoms with Gasteiger partial charge in [-0.3, -0.25) is 0 Å². The molecule has 4 nitrogen and oxygen atoms in total. The molecule has 0 saturated carbocycles. The SMILES string of the molecule is CCCCOc1cc(CO)c(C)c(C)c1C(=O)Oc1ccccc1. The molecule has 0 aromatic heterocycles. The molecule has 1 N–H and O–H groups in total. The topological polar surface area (TPSA) is 55.8 Å². The van der Waals surface area contributed by atoms with Crippen LogP contribution in [0.1, 0.15) is 46.8 Å². The lowest BCUT2D eigenvalue weighted by atomic mass is 9.97. The van der Waals surface area contributed by atoms with Gasteiger partial charge in [-0.25, -0.2) is 4.79 Å². The van der Waals surface area contributed by atoms with Crippen LogP contribution in [0, 0.1) is 13.8 Å². The highest BCUT2D eigenvalue weighted by Crippen LogP contribution is 2.30. The molecule has 0 radical (unpaired) electrons. The van der Waals surface area contributed by atoms with E-state index in [1.54, 1.807) is 18.2 Å². The molecular weight excluding hydrogens is 304 g/mol. The van der Waals surface area contributed by atoms with E-state index in [0.29, 0.717) is 23.7 Å². The summed E-state index contributed by atoms with van der Waals surface area (Å²) in [5.41, 5.74) is 2.83. The van der Waals surface area contributed by atoms with Gasteiger partial charge in [0.2, 0.25) is 0 Å². The second-order valence-electron chi connectivity index (χ2n) is 5.72. The molecule has 24 heavy (non-hydrogen) atoms. The van der Waals surface area contributed by atoms with Crippen LogP contribution in [-0.4, -0.2) is 17.7 Å². The summed E-state index contributed by atoms with van der Waals surface area (Å²) in [5.74, 6) is 0.514. The lowest BCUT2D eigenvalue weighted by molar-refractivity contribution is 0.0729. The summed E-state index contributed by atoms with van der Waals surface area (Å²) >= 11 is 0. The lowest BCUT2D eigenvalue weighted by Crippen LogP contribution is -2.15. The first-order chi connectivity index (χ1) is 11.6. The molecule has 0 saturated heterocycles. The summed E-state index contributed by atoms with van der Waals surface area (Å²) in [4.78, 5) is 12.7. The van der Waals surface area contributed by atoms with Crippen LogP contribution in [0.4, 0.5) is 0 Å². The first-order valence-electron chi connectivity index (χ1n) is 8.22. The van der Waals surface area contributed by atoms with E-state index in [-0.39, 0.29) is 6.61 Å². The number of unbranched alkanes of at least 4 members (excludes halogenated alkanes) is 1. The van der Waals surface area contributed by atoms with Crippen molar-refractivity contribution in [3.8, 4) is 11.5 Å². The van der Waals surface area contributed by atoms with Crippen molar-refractivity contribution in [2.24, 2.45) is 0 Å². The van der Waals surface area contributed by atoms with Crippen molar-refractivity contribution < 1.29 is 19.4 Å². The van der Waals surface area contributed by atoms with Crippen molar-refractivity contribution in [2.45, 2.75) is 40.2 Å². The van der Waals surface area contributed by atoms with Crippen LogP contribution < -0.4 is 9.47 Å². The first-order valence-corrected chi connectivity index (χ1v) is 8.22. The van der Waals surface area contributed by atoms with E-state index < -0.39 is 5.97 Å². The molecule has 0 aliphatic carbocycles. The molecule has 2 aromatic rings. The minimum absolute atomic E-state index is 0.0924. The van der Waals surface area contributed by atoms with Crippen LogP contribution in [-0.2, 0) is 6.61 Å². The third kappa shape index (κ3) is 4.15. The predicted octanol–water partition coefficient (Wildman–Crippen LogP) is 4.19. The van der Waals surface area contributed by atoms with Crippen molar-refractivity contribution in [1.29, 1.82) is 0 Å².